The summed E-state index contributed by atoms with van der Waals surface area (Å²) in [7, 11) is 0. The fraction of sp³-hybridized carbons (Fsp3) is 0.364. The number of ketones is 1. The number of nitrogens with zero attached hydrogens (tertiary/aromatic N) is 1. The summed E-state index contributed by atoms with van der Waals surface area (Å²) in [6.45, 7) is 3.05. The zero-order valence-corrected chi connectivity index (χ0v) is 17.3. The van der Waals surface area contributed by atoms with Crippen LogP contribution in [0, 0.1) is 5.82 Å². The predicted molar refractivity (Wildman–Crippen MR) is 107 cm³/mol. The summed E-state index contributed by atoms with van der Waals surface area (Å²) >= 11 is 1.01. The summed E-state index contributed by atoms with van der Waals surface area (Å²) in [6.07, 6.45) is -2.87. The average molecular weight is 439 g/mol. The molecule has 1 atom stereocenters. The highest BCUT2D eigenvalue weighted by molar-refractivity contribution is 8.00. The third-order valence-corrected chi connectivity index (χ3v) is 6.06. The summed E-state index contributed by atoms with van der Waals surface area (Å²) < 4.78 is 53.3. The Kier molecular flexibility index (Phi) is 6.55. The van der Waals surface area contributed by atoms with E-state index in [1.165, 1.54) is 25.1 Å². The molecule has 1 aliphatic rings. The molecule has 3 rings (SSSR count). The topological polar surface area (TPSA) is 37.4 Å². The number of hydrogen-bond acceptors (Lipinski definition) is 3. The Balaban J connectivity index is 1.74. The van der Waals surface area contributed by atoms with E-state index in [0.717, 1.165) is 42.8 Å². The highest BCUT2D eigenvalue weighted by Gasteiger charge is 2.37. The minimum Gasteiger partial charge on any atom is -0.332 e. The third kappa shape index (κ3) is 5.22. The lowest BCUT2D eigenvalue weighted by molar-refractivity contribution is -0.137. The van der Waals surface area contributed by atoms with E-state index in [4.69, 9.17) is 0 Å². The number of carbonyl (C=O) groups is 2. The molecule has 160 valence electrons. The first kappa shape index (κ1) is 22.3. The zero-order chi connectivity index (χ0) is 22.1. The molecule has 0 N–H and O–H groups in total. The number of amides is 1. The first-order chi connectivity index (χ1) is 14.1. The number of halogens is 4. The van der Waals surface area contributed by atoms with Gasteiger partial charge in [0.2, 0.25) is 5.91 Å². The molecule has 2 aromatic carbocycles. The molecule has 1 saturated carbocycles. The van der Waals surface area contributed by atoms with Gasteiger partial charge >= 0.3 is 6.18 Å². The van der Waals surface area contributed by atoms with E-state index in [1.54, 1.807) is 17.9 Å². The summed E-state index contributed by atoms with van der Waals surface area (Å²) in [4.78, 5) is 26.1. The van der Waals surface area contributed by atoms with Gasteiger partial charge in [-0.15, -0.1) is 11.8 Å². The van der Waals surface area contributed by atoms with E-state index in [0.29, 0.717) is 5.56 Å². The Bertz CT molecular complexity index is 956. The summed E-state index contributed by atoms with van der Waals surface area (Å²) in [5.41, 5.74) is -0.0925. The van der Waals surface area contributed by atoms with Crippen molar-refractivity contribution in [3.63, 3.8) is 0 Å². The lowest BCUT2D eigenvalue weighted by atomic mass is 10.0. The molecule has 3 nitrogen and oxygen atoms in total. The van der Waals surface area contributed by atoms with Crippen molar-refractivity contribution in [1.82, 2.24) is 4.90 Å². The van der Waals surface area contributed by atoms with Gasteiger partial charge in [0, 0.05) is 16.5 Å². The molecule has 1 unspecified atom stereocenters. The van der Waals surface area contributed by atoms with Crippen LogP contribution >= 0.6 is 11.8 Å². The van der Waals surface area contributed by atoms with Gasteiger partial charge in [-0.1, -0.05) is 18.2 Å². The van der Waals surface area contributed by atoms with Crippen LogP contribution in [-0.4, -0.2) is 28.4 Å². The molecule has 30 heavy (non-hydrogen) atoms. The van der Waals surface area contributed by atoms with Crippen molar-refractivity contribution in [2.75, 3.05) is 5.75 Å². The van der Waals surface area contributed by atoms with Gasteiger partial charge in [-0.05, 0) is 56.5 Å². The summed E-state index contributed by atoms with van der Waals surface area (Å²) in [5, 5.41) is 0. The van der Waals surface area contributed by atoms with Gasteiger partial charge in [-0.3, -0.25) is 9.59 Å². The first-order valence-electron chi connectivity index (χ1n) is 9.49. The van der Waals surface area contributed by atoms with Gasteiger partial charge in [0.1, 0.15) is 5.82 Å². The molecule has 1 fully saturated rings. The van der Waals surface area contributed by atoms with Crippen molar-refractivity contribution in [1.29, 1.82) is 0 Å². The van der Waals surface area contributed by atoms with Crippen molar-refractivity contribution in [3.05, 3.63) is 65.0 Å². The Hall–Kier alpha value is -2.35. The molecule has 1 amide bonds. The maximum atomic E-state index is 14.2. The SMILES string of the molecule is CC(=O)c1ccc(SCC(=O)N(C2CC2)C(C)c2cccc(C(F)(F)F)c2)c(F)c1. The van der Waals surface area contributed by atoms with Gasteiger partial charge in [0.15, 0.2) is 5.78 Å². The molecule has 0 saturated heterocycles. The standard InChI is InChI=1S/C22H21F4NO2S/c1-13(15-4-3-5-17(10-15)22(24,25)26)27(18-7-8-18)21(29)12-30-20-9-6-16(14(2)28)11-19(20)23/h3-6,9-11,13,18H,7-8,12H2,1-2H3. The summed E-state index contributed by atoms with van der Waals surface area (Å²) in [6, 6.07) is 8.54. The Morgan fingerprint density at radius 2 is 1.87 bits per heavy atom. The highest BCUT2D eigenvalue weighted by Crippen LogP contribution is 2.37. The first-order valence-corrected chi connectivity index (χ1v) is 10.5. The van der Waals surface area contributed by atoms with Crippen LogP contribution in [0.25, 0.3) is 0 Å². The molecular weight excluding hydrogens is 418 g/mol. The van der Waals surface area contributed by atoms with E-state index in [-0.39, 0.29) is 33.9 Å². The summed E-state index contributed by atoms with van der Waals surface area (Å²) in [5.74, 6) is -1.14. The van der Waals surface area contributed by atoms with Gasteiger partial charge in [0.05, 0.1) is 17.4 Å². The number of thioether (sulfide) groups is 1. The van der Waals surface area contributed by atoms with Crippen LogP contribution in [-0.2, 0) is 11.0 Å². The Morgan fingerprint density at radius 3 is 2.43 bits per heavy atom. The monoisotopic (exact) mass is 439 g/mol. The molecule has 0 aliphatic heterocycles. The van der Waals surface area contributed by atoms with E-state index >= 15 is 0 Å². The number of Topliss-reactive ketones (excluding diaryl/α,β-unsaturated/α-hetero) is 1. The number of carbonyl (C=O) groups excluding carboxylic acids is 2. The van der Waals surface area contributed by atoms with Gasteiger partial charge < -0.3 is 4.90 Å². The minimum absolute atomic E-state index is 0.0208. The molecule has 1 aliphatic carbocycles. The largest absolute Gasteiger partial charge is 0.416 e. The molecule has 8 heteroatoms. The average Bonchev–Trinajstić information content (AvgIpc) is 3.51. The van der Waals surface area contributed by atoms with Gasteiger partial charge in [-0.25, -0.2) is 4.39 Å². The highest BCUT2D eigenvalue weighted by atomic mass is 32.2. The molecule has 0 spiro atoms. The number of alkyl halides is 3. The minimum atomic E-state index is -4.45. The van der Waals surface area contributed by atoms with Crippen molar-refractivity contribution >= 4 is 23.5 Å². The maximum absolute atomic E-state index is 14.2. The second kappa shape index (κ2) is 8.79. The molecule has 0 heterocycles. The van der Waals surface area contributed by atoms with Crippen LogP contribution < -0.4 is 0 Å². The van der Waals surface area contributed by atoms with Gasteiger partial charge in [0.25, 0.3) is 0 Å². The van der Waals surface area contributed by atoms with Gasteiger partial charge in [-0.2, -0.15) is 13.2 Å². The normalized spacial score (nSPS) is 15.0. The second-order valence-corrected chi connectivity index (χ2v) is 8.34. The predicted octanol–water partition coefficient (Wildman–Crippen LogP) is 5.89. The van der Waals surface area contributed by atoms with Crippen LogP contribution in [0.15, 0.2) is 47.4 Å². The van der Waals surface area contributed by atoms with E-state index in [9.17, 15) is 27.2 Å². The van der Waals surface area contributed by atoms with Crippen LogP contribution in [0.3, 0.4) is 0 Å². The number of rotatable bonds is 7. The van der Waals surface area contributed by atoms with Crippen LogP contribution in [0.4, 0.5) is 17.6 Å². The van der Waals surface area contributed by atoms with Crippen LogP contribution in [0.5, 0.6) is 0 Å². The van der Waals surface area contributed by atoms with E-state index in [1.807, 2.05) is 0 Å². The molecule has 0 bridgehead atoms. The zero-order valence-electron chi connectivity index (χ0n) is 16.5. The Labute approximate surface area is 176 Å². The van der Waals surface area contributed by atoms with E-state index in [2.05, 4.69) is 0 Å². The third-order valence-electron chi connectivity index (χ3n) is 5.03. The lowest BCUT2D eigenvalue weighted by Crippen LogP contribution is -2.36. The fourth-order valence-electron chi connectivity index (χ4n) is 3.27. The second-order valence-electron chi connectivity index (χ2n) is 7.32. The number of benzene rings is 2. The van der Waals surface area contributed by atoms with Crippen molar-refractivity contribution < 1.29 is 27.2 Å². The Morgan fingerprint density at radius 1 is 1.17 bits per heavy atom. The maximum Gasteiger partial charge on any atom is 0.416 e. The molecule has 0 aromatic heterocycles. The van der Waals surface area contributed by atoms with Crippen molar-refractivity contribution in [2.45, 2.75) is 49.8 Å². The number of hydrogen-bond donors (Lipinski definition) is 0. The smallest absolute Gasteiger partial charge is 0.332 e. The quantitative estimate of drug-likeness (QED) is 0.307. The molecule has 0 radical (unpaired) electrons. The van der Waals surface area contributed by atoms with Crippen LogP contribution in [0.1, 0.15) is 54.2 Å². The van der Waals surface area contributed by atoms with Crippen LogP contribution in [0.2, 0.25) is 0 Å². The van der Waals surface area contributed by atoms with Crippen molar-refractivity contribution in [3.8, 4) is 0 Å². The molecular formula is C22H21F4NO2S. The molecule has 2 aromatic rings. The lowest BCUT2D eigenvalue weighted by Gasteiger charge is -2.30. The fourth-order valence-corrected chi connectivity index (χ4v) is 4.06. The van der Waals surface area contributed by atoms with Crippen molar-refractivity contribution in [2.24, 2.45) is 0 Å². The van der Waals surface area contributed by atoms with E-state index < -0.39 is 23.6 Å².